The van der Waals surface area contributed by atoms with E-state index < -0.39 is 54.2 Å². The van der Waals surface area contributed by atoms with E-state index in [4.69, 9.17) is 28.1 Å². The summed E-state index contributed by atoms with van der Waals surface area (Å²) in [5.41, 5.74) is 2.02. The minimum Gasteiger partial charge on any atom is -0.504 e. The molecule has 0 saturated carbocycles. The van der Waals surface area contributed by atoms with E-state index in [-0.39, 0.29) is 53.3 Å². The maximum atomic E-state index is 14.2. The normalized spacial score (nSPS) is 20.1. The van der Waals surface area contributed by atoms with E-state index in [1.54, 1.807) is 6.07 Å². The van der Waals surface area contributed by atoms with Gasteiger partial charge in [0.2, 0.25) is 17.5 Å². The molecule has 1 aromatic heterocycles. The van der Waals surface area contributed by atoms with Crippen LogP contribution in [0.15, 0.2) is 118 Å². The zero-order chi connectivity index (χ0) is 36.2. The Morgan fingerprint density at radius 3 is 1.65 bits per heavy atom. The van der Waals surface area contributed by atoms with Gasteiger partial charge in [0.05, 0.1) is 12.0 Å². The first-order valence-electron chi connectivity index (χ1n) is 16.6. The molecule has 2 heterocycles. The second kappa shape index (κ2) is 15.3. The molecule has 0 radical (unpaired) electrons. The Balaban J connectivity index is 1.33. The first-order valence-corrected chi connectivity index (χ1v) is 16.6. The third kappa shape index (κ3) is 7.24. The van der Waals surface area contributed by atoms with Crippen LogP contribution in [0.5, 0.6) is 28.7 Å². The van der Waals surface area contributed by atoms with Crippen LogP contribution in [0.2, 0.25) is 0 Å². The summed E-state index contributed by atoms with van der Waals surface area (Å²) in [5, 5.41) is 52.6. The zero-order valence-corrected chi connectivity index (χ0v) is 27.7. The fraction of sp³-hybridized carbons (Fsp3) is 0.225. The van der Waals surface area contributed by atoms with Crippen molar-refractivity contribution in [3.05, 3.63) is 136 Å². The number of rotatable bonds is 12. The number of aliphatic hydroxyl groups excluding tert-OH is 4. The van der Waals surface area contributed by atoms with Crippen molar-refractivity contribution in [3.8, 4) is 28.7 Å². The Morgan fingerprint density at radius 1 is 0.615 bits per heavy atom. The van der Waals surface area contributed by atoms with Gasteiger partial charge in [-0.3, -0.25) is 4.79 Å². The van der Waals surface area contributed by atoms with Crippen molar-refractivity contribution in [2.24, 2.45) is 0 Å². The van der Waals surface area contributed by atoms with E-state index in [2.05, 4.69) is 0 Å². The molecule has 7 rings (SSSR count). The number of hydrogen-bond donors (Lipinski definition) is 5. The highest BCUT2D eigenvalue weighted by Gasteiger charge is 2.45. The third-order valence-corrected chi connectivity index (χ3v) is 8.72. The summed E-state index contributed by atoms with van der Waals surface area (Å²) in [5.74, 6) is -0.593. The number of ether oxygens (including phenoxy) is 5. The topological polar surface area (TPSA) is 178 Å². The predicted molar refractivity (Wildman–Crippen MR) is 188 cm³/mol. The van der Waals surface area contributed by atoms with Gasteiger partial charge in [0.1, 0.15) is 60.8 Å². The molecule has 12 nitrogen and oxygen atoms in total. The molecule has 1 fully saturated rings. The van der Waals surface area contributed by atoms with Gasteiger partial charge >= 0.3 is 0 Å². The Labute approximate surface area is 297 Å². The molecule has 1 saturated heterocycles. The molecule has 52 heavy (non-hydrogen) atoms. The van der Waals surface area contributed by atoms with Gasteiger partial charge in [-0.1, -0.05) is 91.0 Å². The zero-order valence-electron chi connectivity index (χ0n) is 27.7. The average molecular weight is 709 g/mol. The van der Waals surface area contributed by atoms with E-state index in [1.807, 2.05) is 91.0 Å². The predicted octanol–water partition coefficient (Wildman–Crippen LogP) is 4.57. The van der Waals surface area contributed by atoms with Gasteiger partial charge in [-0.15, -0.1) is 0 Å². The SMILES string of the molecule is O=c1c2cc(OCc3ccccc3)c(OCc3ccccc3)cc2oc2cc(OCc3ccccc3)c(O[C@@H]3O[C@H](CO)[C@@H](O)[C@H](O)[C@H]3O)c(O)c12. The number of hydrogen-bond acceptors (Lipinski definition) is 12. The molecule has 5 atom stereocenters. The van der Waals surface area contributed by atoms with Crippen molar-refractivity contribution in [2.75, 3.05) is 6.61 Å². The van der Waals surface area contributed by atoms with Gasteiger partial charge in [0.25, 0.3) is 0 Å². The molecule has 1 aliphatic heterocycles. The maximum Gasteiger partial charge on any atom is 0.229 e. The van der Waals surface area contributed by atoms with Gasteiger partial charge in [-0.25, -0.2) is 0 Å². The van der Waals surface area contributed by atoms with Crippen LogP contribution in [0.25, 0.3) is 21.9 Å². The van der Waals surface area contributed by atoms with Crippen molar-refractivity contribution in [2.45, 2.75) is 50.5 Å². The number of fused-ring (bicyclic) bond motifs is 2. The molecule has 268 valence electrons. The van der Waals surface area contributed by atoms with Crippen molar-refractivity contribution in [1.82, 2.24) is 0 Å². The summed E-state index contributed by atoms with van der Waals surface area (Å²) >= 11 is 0. The molecule has 0 bridgehead atoms. The van der Waals surface area contributed by atoms with Gasteiger partial charge < -0.3 is 53.6 Å². The van der Waals surface area contributed by atoms with Crippen LogP contribution in [0, 0.1) is 0 Å². The van der Waals surface area contributed by atoms with Crippen molar-refractivity contribution in [3.63, 3.8) is 0 Å². The number of phenols is 1. The molecule has 12 heteroatoms. The second-order valence-corrected chi connectivity index (χ2v) is 12.3. The molecule has 6 aromatic rings. The van der Waals surface area contributed by atoms with Crippen LogP contribution in [0.1, 0.15) is 16.7 Å². The molecule has 5 N–H and O–H groups in total. The highest BCUT2D eigenvalue weighted by Crippen LogP contribution is 2.45. The van der Waals surface area contributed by atoms with Crippen LogP contribution in [0.3, 0.4) is 0 Å². The summed E-state index contributed by atoms with van der Waals surface area (Å²) in [6, 6.07) is 32.5. The summed E-state index contributed by atoms with van der Waals surface area (Å²) in [4.78, 5) is 14.2. The molecular formula is C40H36O12. The van der Waals surface area contributed by atoms with Crippen LogP contribution in [-0.4, -0.2) is 62.8 Å². The lowest BCUT2D eigenvalue weighted by Crippen LogP contribution is -2.60. The third-order valence-electron chi connectivity index (χ3n) is 8.72. The lowest BCUT2D eigenvalue weighted by Gasteiger charge is -2.39. The number of benzene rings is 5. The average Bonchev–Trinajstić information content (AvgIpc) is 3.17. The first kappa shape index (κ1) is 34.8. The summed E-state index contributed by atoms with van der Waals surface area (Å²) in [6.45, 7) is -0.304. The highest BCUT2D eigenvalue weighted by atomic mass is 16.7. The Bertz CT molecular complexity index is 2190. The standard InChI is InChI=1S/C40H36O12/c41-19-32-35(43)37(45)38(46)40(51-32)52-39-31(49-22-25-14-8-3-9-15-25)18-30-33(36(39)44)34(42)26-16-28(47-20-23-10-4-1-5-11-23)29(17-27(26)50-30)48-21-24-12-6-2-7-13-24/h1-18,32,35,37-38,40-41,43-46H,19-22H2/t32-,35-,37+,38-,40+/m1/s1. The first-order chi connectivity index (χ1) is 25.3. The Hall–Kier alpha value is -5.63. The lowest BCUT2D eigenvalue weighted by atomic mass is 9.99. The van der Waals surface area contributed by atoms with E-state index >= 15 is 0 Å². The number of phenolic OH excluding ortho intramolecular Hbond substituents is 1. The highest BCUT2D eigenvalue weighted by molar-refractivity contribution is 5.96. The van der Waals surface area contributed by atoms with Crippen LogP contribution < -0.4 is 24.4 Å². The van der Waals surface area contributed by atoms with Gasteiger partial charge in [-0.2, -0.15) is 0 Å². The maximum absolute atomic E-state index is 14.2. The molecule has 1 aliphatic rings. The molecule has 0 unspecified atom stereocenters. The Kier molecular flexibility index (Phi) is 10.2. The van der Waals surface area contributed by atoms with E-state index in [0.717, 1.165) is 16.7 Å². The van der Waals surface area contributed by atoms with Crippen molar-refractivity contribution >= 4 is 21.9 Å². The summed E-state index contributed by atoms with van der Waals surface area (Å²) < 4.78 is 36.1. The smallest absolute Gasteiger partial charge is 0.229 e. The van der Waals surface area contributed by atoms with Gasteiger partial charge in [0.15, 0.2) is 23.0 Å². The molecule has 5 aromatic carbocycles. The second-order valence-electron chi connectivity index (χ2n) is 12.3. The monoisotopic (exact) mass is 708 g/mol. The van der Waals surface area contributed by atoms with Gasteiger partial charge in [-0.05, 0) is 22.8 Å². The largest absolute Gasteiger partial charge is 0.504 e. The van der Waals surface area contributed by atoms with Gasteiger partial charge in [0, 0.05) is 12.1 Å². The van der Waals surface area contributed by atoms with E-state index in [0.29, 0.717) is 5.75 Å². The summed E-state index contributed by atoms with van der Waals surface area (Å²) in [7, 11) is 0. The molecule has 0 aliphatic carbocycles. The van der Waals surface area contributed by atoms with Crippen LogP contribution in [0.4, 0.5) is 0 Å². The minimum atomic E-state index is -1.80. The minimum absolute atomic E-state index is 0.00816. The van der Waals surface area contributed by atoms with Crippen LogP contribution >= 0.6 is 0 Å². The molecule has 0 spiro atoms. The Morgan fingerprint density at radius 2 is 1.12 bits per heavy atom. The number of aliphatic hydroxyl groups is 4. The quantitative estimate of drug-likeness (QED) is 0.112. The van der Waals surface area contributed by atoms with E-state index in [1.165, 1.54) is 12.1 Å². The molecule has 0 amide bonds. The fourth-order valence-corrected chi connectivity index (χ4v) is 5.89. The molecular weight excluding hydrogens is 672 g/mol. The van der Waals surface area contributed by atoms with Crippen molar-refractivity contribution < 1.29 is 53.6 Å². The van der Waals surface area contributed by atoms with E-state index in [9.17, 15) is 30.3 Å². The van der Waals surface area contributed by atoms with Crippen LogP contribution in [-0.2, 0) is 24.6 Å². The summed E-state index contributed by atoms with van der Waals surface area (Å²) in [6.07, 6.45) is -8.18. The van der Waals surface area contributed by atoms with Crippen molar-refractivity contribution in [1.29, 1.82) is 0 Å². The lowest BCUT2D eigenvalue weighted by molar-refractivity contribution is -0.277. The fourth-order valence-electron chi connectivity index (χ4n) is 5.89. The number of aromatic hydroxyl groups is 1.